The summed E-state index contributed by atoms with van der Waals surface area (Å²) in [6.07, 6.45) is 2.15. The van der Waals surface area contributed by atoms with Crippen LogP contribution in [0.25, 0.3) is 5.57 Å². The standard InChI is InChI=1S/C20H23N3O2/c1-21-18-12-15(13-7-5-4-6-8-13)16-11-14(19(24)25)9-10-17(16)20(18,22-2)23-3/h4-12,18,21-23H,1-3H3,(H,24,25). The van der Waals surface area contributed by atoms with E-state index in [1.165, 1.54) is 0 Å². The number of nitrogens with one attached hydrogen (secondary N) is 3. The monoisotopic (exact) mass is 337 g/mol. The number of benzene rings is 2. The van der Waals surface area contributed by atoms with Crippen LogP contribution in [0.15, 0.2) is 54.6 Å². The van der Waals surface area contributed by atoms with Crippen molar-refractivity contribution < 1.29 is 9.90 Å². The Bertz CT molecular complexity index is 811. The van der Waals surface area contributed by atoms with Crippen molar-refractivity contribution in [2.75, 3.05) is 21.1 Å². The number of carboxylic acid groups (broad SMARTS) is 1. The van der Waals surface area contributed by atoms with E-state index in [4.69, 9.17) is 0 Å². The van der Waals surface area contributed by atoms with Crippen LogP contribution >= 0.6 is 0 Å². The third kappa shape index (κ3) is 2.76. The van der Waals surface area contributed by atoms with Gasteiger partial charge in [-0.25, -0.2) is 4.79 Å². The maximum Gasteiger partial charge on any atom is 0.335 e. The maximum absolute atomic E-state index is 11.5. The molecule has 0 bridgehead atoms. The van der Waals surface area contributed by atoms with Crippen molar-refractivity contribution in [2.45, 2.75) is 11.7 Å². The highest BCUT2D eigenvalue weighted by Crippen LogP contribution is 2.39. The molecule has 2 aromatic carbocycles. The summed E-state index contributed by atoms with van der Waals surface area (Å²) in [4.78, 5) is 11.5. The van der Waals surface area contributed by atoms with Gasteiger partial charge >= 0.3 is 5.97 Å². The molecule has 0 saturated carbocycles. The number of aromatic carboxylic acids is 1. The van der Waals surface area contributed by atoms with Crippen LogP contribution in [0.1, 0.15) is 27.0 Å². The molecule has 1 aliphatic rings. The Morgan fingerprint density at radius 2 is 1.72 bits per heavy atom. The molecule has 4 N–H and O–H groups in total. The molecule has 0 heterocycles. The van der Waals surface area contributed by atoms with Gasteiger partial charge in [0, 0.05) is 0 Å². The molecule has 0 aliphatic heterocycles. The van der Waals surface area contributed by atoms with E-state index in [2.05, 4.69) is 22.0 Å². The molecule has 0 spiro atoms. The first-order valence-corrected chi connectivity index (χ1v) is 8.28. The first-order chi connectivity index (χ1) is 12.1. The fourth-order valence-electron chi connectivity index (χ4n) is 3.67. The van der Waals surface area contributed by atoms with Gasteiger partial charge in [-0.3, -0.25) is 10.6 Å². The molecule has 0 radical (unpaired) electrons. The molecular weight excluding hydrogens is 314 g/mol. The summed E-state index contributed by atoms with van der Waals surface area (Å²) < 4.78 is 0. The van der Waals surface area contributed by atoms with Crippen LogP contribution in [0, 0.1) is 0 Å². The predicted molar refractivity (Wildman–Crippen MR) is 99.6 cm³/mol. The first-order valence-electron chi connectivity index (χ1n) is 8.28. The maximum atomic E-state index is 11.5. The van der Waals surface area contributed by atoms with Gasteiger partial charge in [0.1, 0.15) is 5.66 Å². The number of rotatable bonds is 5. The summed E-state index contributed by atoms with van der Waals surface area (Å²) in [5.41, 5.74) is 3.78. The number of fused-ring (bicyclic) bond motifs is 1. The molecule has 3 rings (SSSR count). The molecule has 1 atom stereocenters. The third-order valence-electron chi connectivity index (χ3n) is 4.97. The van der Waals surface area contributed by atoms with Gasteiger partial charge in [-0.15, -0.1) is 0 Å². The Morgan fingerprint density at radius 3 is 2.28 bits per heavy atom. The van der Waals surface area contributed by atoms with Crippen LogP contribution in [0.2, 0.25) is 0 Å². The van der Waals surface area contributed by atoms with Gasteiger partial charge in [-0.05, 0) is 55.5 Å². The average Bonchev–Trinajstić information content (AvgIpc) is 2.66. The summed E-state index contributed by atoms with van der Waals surface area (Å²) in [6, 6.07) is 15.3. The largest absolute Gasteiger partial charge is 0.478 e. The van der Waals surface area contributed by atoms with E-state index in [-0.39, 0.29) is 11.6 Å². The highest BCUT2D eigenvalue weighted by molar-refractivity contribution is 5.92. The molecular formula is C20H23N3O2. The second-order valence-electron chi connectivity index (χ2n) is 6.09. The van der Waals surface area contributed by atoms with Crippen molar-refractivity contribution in [2.24, 2.45) is 0 Å². The predicted octanol–water partition coefficient (Wildman–Crippen LogP) is 2.01. The van der Waals surface area contributed by atoms with Gasteiger partial charge in [0.15, 0.2) is 0 Å². The normalized spacial score (nSPS) is 18.4. The van der Waals surface area contributed by atoms with Gasteiger partial charge in [0.25, 0.3) is 0 Å². The van der Waals surface area contributed by atoms with Crippen LogP contribution in [-0.2, 0) is 5.66 Å². The molecule has 5 nitrogen and oxygen atoms in total. The zero-order chi connectivity index (χ0) is 18.0. The number of hydrogen-bond donors (Lipinski definition) is 4. The van der Waals surface area contributed by atoms with E-state index in [0.29, 0.717) is 0 Å². The van der Waals surface area contributed by atoms with Crippen molar-refractivity contribution in [1.29, 1.82) is 0 Å². The summed E-state index contributed by atoms with van der Waals surface area (Å²) in [7, 11) is 5.72. The van der Waals surface area contributed by atoms with E-state index in [1.54, 1.807) is 12.1 Å². The van der Waals surface area contributed by atoms with Crippen molar-refractivity contribution in [3.05, 3.63) is 76.9 Å². The van der Waals surface area contributed by atoms with Gasteiger partial charge < -0.3 is 10.4 Å². The second-order valence-corrected chi connectivity index (χ2v) is 6.09. The molecule has 5 heteroatoms. The first kappa shape index (κ1) is 17.4. The lowest BCUT2D eigenvalue weighted by molar-refractivity contribution is 0.0696. The molecule has 1 aliphatic carbocycles. The zero-order valence-corrected chi connectivity index (χ0v) is 14.6. The van der Waals surface area contributed by atoms with Gasteiger partial charge in [0.2, 0.25) is 0 Å². The smallest absolute Gasteiger partial charge is 0.335 e. The molecule has 130 valence electrons. The van der Waals surface area contributed by atoms with Gasteiger partial charge in [0.05, 0.1) is 11.6 Å². The topological polar surface area (TPSA) is 73.4 Å². The van der Waals surface area contributed by atoms with Crippen LogP contribution < -0.4 is 16.0 Å². The lowest BCUT2D eigenvalue weighted by Gasteiger charge is -2.44. The minimum Gasteiger partial charge on any atom is -0.478 e. The average molecular weight is 337 g/mol. The number of hydrogen-bond acceptors (Lipinski definition) is 4. The Balaban J connectivity index is 2.30. The van der Waals surface area contributed by atoms with Crippen LogP contribution in [-0.4, -0.2) is 38.3 Å². The molecule has 1 unspecified atom stereocenters. The van der Waals surface area contributed by atoms with Crippen molar-refractivity contribution in [3.8, 4) is 0 Å². The number of likely N-dealkylation sites (N-methyl/N-ethyl adjacent to an activating group) is 3. The van der Waals surface area contributed by atoms with E-state index in [0.717, 1.165) is 22.3 Å². The van der Waals surface area contributed by atoms with E-state index >= 15 is 0 Å². The highest BCUT2D eigenvalue weighted by atomic mass is 16.4. The molecule has 0 fully saturated rings. The Labute approximate surface area is 147 Å². The molecule has 0 aromatic heterocycles. The quantitative estimate of drug-likeness (QED) is 0.628. The molecule has 25 heavy (non-hydrogen) atoms. The lowest BCUT2D eigenvalue weighted by Crippen LogP contribution is -2.63. The fraction of sp³-hybridized carbons (Fsp3) is 0.250. The Kier molecular flexibility index (Phi) is 4.72. The van der Waals surface area contributed by atoms with Crippen molar-refractivity contribution in [1.82, 2.24) is 16.0 Å². The second kappa shape index (κ2) is 6.80. The number of carboxylic acids is 1. The summed E-state index contributed by atoms with van der Waals surface area (Å²) in [5, 5.41) is 19.5. The van der Waals surface area contributed by atoms with Crippen molar-refractivity contribution in [3.63, 3.8) is 0 Å². The third-order valence-corrected chi connectivity index (χ3v) is 4.97. The summed E-state index contributed by atoms with van der Waals surface area (Å²) in [6.45, 7) is 0. The summed E-state index contributed by atoms with van der Waals surface area (Å²) >= 11 is 0. The van der Waals surface area contributed by atoms with Gasteiger partial charge in [-0.2, -0.15) is 0 Å². The molecule has 0 amide bonds. The van der Waals surface area contributed by atoms with E-state index in [1.807, 2.05) is 57.5 Å². The van der Waals surface area contributed by atoms with Crippen LogP contribution in [0.5, 0.6) is 0 Å². The minimum absolute atomic E-state index is 0.0131. The lowest BCUT2D eigenvalue weighted by atomic mass is 9.77. The minimum atomic E-state index is -0.925. The SMILES string of the molecule is CNC1C=C(c2ccccc2)c2cc(C(=O)O)ccc2C1(NC)NC. The van der Waals surface area contributed by atoms with E-state index in [9.17, 15) is 9.90 Å². The summed E-state index contributed by atoms with van der Waals surface area (Å²) in [5.74, 6) is -0.925. The zero-order valence-electron chi connectivity index (χ0n) is 14.6. The molecule has 2 aromatic rings. The van der Waals surface area contributed by atoms with Crippen LogP contribution in [0.4, 0.5) is 0 Å². The molecule has 0 saturated heterocycles. The van der Waals surface area contributed by atoms with E-state index < -0.39 is 11.6 Å². The Hall–Kier alpha value is -2.47. The Morgan fingerprint density at radius 1 is 1.04 bits per heavy atom. The van der Waals surface area contributed by atoms with Gasteiger partial charge in [-0.1, -0.05) is 42.5 Å². The van der Waals surface area contributed by atoms with Crippen LogP contribution in [0.3, 0.4) is 0 Å². The highest BCUT2D eigenvalue weighted by Gasteiger charge is 2.41. The van der Waals surface area contributed by atoms with Crippen molar-refractivity contribution >= 4 is 11.5 Å². The number of carbonyl (C=O) groups is 1. The fourth-order valence-corrected chi connectivity index (χ4v) is 3.67.